The number of furan rings is 1. The first-order valence-electron chi connectivity index (χ1n) is 9.16. The summed E-state index contributed by atoms with van der Waals surface area (Å²) in [5.74, 6) is 2.84. The Morgan fingerprint density at radius 3 is 2.67 bits per heavy atom. The van der Waals surface area contributed by atoms with Gasteiger partial charge >= 0.3 is 0 Å². The van der Waals surface area contributed by atoms with Crippen molar-refractivity contribution in [3.8, 4) is 11.6 Å². The lowest BCUT2D eigenvalue weighted by Gasteiger charge is -2.36. The number of nitrogen functional groups attached to an aromatic ring is 1. The van der Waals surface area contributed by atoms with Crippen LogP contribution in [0.1, 0.15) is 20.3 Å². The zero-order chi connectivity index (χ0) is 19.0. The van der Waals surface area contributed by atoms with Gasteiger partial charge in [-0.3, -0.25) is 4.90 Å². The summed E-state index contributed by atoms with van der Waals surface area (Å²) in [6, 6.07) is 5.45. The van der Waals surface area contributed by atoms with E-state index in [1.165, 1.54) is 0 Å². The van der Waals surface area contributed by atoms with Crippen molar-refractivity contribution < 1.29 is 9.52 Å². The van der Waals surface area contributed by atoms with Gasteiger partial charge in [-0.1, -0.05) is 0 Å². The summed E-state index contributed by atoms with van der Waals surface area (Å²) in [5.41, 5.74) is 5.37. The molecule has 0 bridgehead atoms. The number of fused-ring (bicyclic) bond motifs is 1. The van der Waals surface area contributed by atoms with Crippen LogP contribution >= 0.6 is 0 Å². The zero-order valence-electron chi connectivity index (χ0n) is 15.7. The third-order valence-corrected chi connectivity index (χ3v) is 4.79. The molecule has 1 aliphatic heterocycles. The second-order valence-electron chi connectivity index (χ2n) is 7.55. The minimum atomic E-state index is -0.633. The largest absolute Gasteiger partial charge is 0.461 e. The van der Waals surface area contributed by atoms with Crippen LogP contribution in [0.4, 0.5) is 11.6 Å². The molecule has 0 aromatic carbocycles. The van der Waals surface area contributed by atoms with Crippen LogP contribution < -0.4 is 10.6 Å². The van der Waals surface area contributed by atoms with Crippen LogP contribution in [0.25, 0.3) is 17.4 Å². The first kappa shape index (κ1) is 17.7. The average Bonchev–Trinajstić information content (AvgIpc) is 3.28. The molecule has 0 aliphatic carbocycles. The molecule has 0 saturated carbocycles. The maximum absolute atomic E-state index is 9.92. The number of aromatic nitrogens is 4. The molecule has 0 amide bonds. The third-order valence-electron chi connectivity index (χ3n) is 4.79. The van der Waals surface area contributed by atoms with Gasteiger partial charge in [-0.25, -0.2) is 0 Å². The molecular weight excluding hydrogens is 346 g/mol. The van der Waals surface area contributed by atoms with E-state index >= 15 is 0 Å². The van der Waals surface area contributed by atoms with Crippen LogP contribution in [-0.2, 0) is 0 Å². The fourth-order valence-electron chi connectivity index (χ4n) is 3.24. The van der Waals surface area contributed by atoms with Crippen molar-refractivity contribution in [3.63, 3.8) is 0 Å². The molecule has 0 atom stereocenters. The Balaban J connectivity index is 1.54. The highest BCUT2D eigenvalue weighted by Crippen LogP contribution is 2.23. The van der Waals surface area contributed by atoms with Crippen molar-refractivity contribution in [1.29, 1.82) is 0 Å². The molecule has 144 valence electrons. The summed E-state index contributed by atoms with van der Waals surface area (Å²) in [6.45, 7) is 8.11. The molecule has 1 saturated heterocycles. The van der Waals surface area contributed by atoms with E-state index < -0.39 is 5.60 Å². The lowest BCUT2D eigenvalue weighted by molar-refractivity contribution is 0.0568. The summed E-state index contributed by atoms with van der Waals surface area (Å²) in [7, 11) is 0. The fraction of sp³-hybridized carbons (Fsp3) is 0.500. The van der Waals surface area contributed by atoms with E-state index in [0.717, 1.165) is 45.0 Å². The monoisotopic (exact) mass is 371 g/mol. The van der Waals surface area contributed by atoms with E-state index in [4.69, 9.17) is 10.2 Å². The third kappa shape index (κ3) is 3.88. The van der Waals surface area contributed by atoms with Gasteiger partial charge < -0.3 is 20.2 Å². The van der Waals surface area contributed by atoms with Gasteiger partial charge in [0.2, 0.25) is 5.82 Å². The van der Waals surface area contributed by atoms with E-state index in [-0.39, 0.29) is 0 Å². The van der Waals surface area contributed by atoms with Crippen molar-refractivity contribution in [2.45, 2.75) is 25.9 Å². The molecule has 9 nitrogen and oxygen atoms in total. The zero-order valence-corrected chi connectivity index (χ0v) is 15.7. The fourth-order valence-corrected chi connectivity index (χ4v) is 3.24. The van der Waals surface area contributed by atoms with Gasteiger partial charge in [0.25, 0.3) is 5.78 Å². The Labute approximate surface area is 157 Å². The lowest BCUT2D eigenvalue weighted by Crippen LogP contribution is -2.48. The number of aliphatic hydroxyl groups is 1. The summed E-state index contributed by atoms with van der Waals surface area (Å²) in [4.78, 5) is 13.3. The van der Waals surface area contributed by atoms with E-state index in [1.807, 2.05) is 26.0 Å². The van der Waals surface area contributed by atoms with Crippen molar-refractivity contribution in [3.05, 3.63) is 24.5 Å². The topological polar surface area (TPSA) is 109 Å². The molecule has 3 aromatic heterocycles. The summed E-state index contributed by atoms with van der Waals surface area (Å²) >= 11 is 0. The van der Waals surface area contributed by atoms with E-state index in [0.29, 0.717) is 23.2 Å². The normalized spacial score (nSPS) is 16.3. The van der Waals surface area contributed by atoms with Gasteiger partial charge in [0.15, 0.2) is 5.76 Å². The Morgan fingerprint density at radius 1 is 1.22 bits per heavy atom. The first-order chi connectivity index (χ1) is 12.9. The molecule has 1 fully saturated rings. The van der Waals surface area contributed by atoms with Crippen LogP contribution in [0.15, 0.2) is 28.9 Å². The Kier molecular flexibility index (Phi) is 4.48. The minimum Gasteiger partial charge on any atom is -0.461 e. The van der Waals surface area contributed by atoms with Gasteiger partial charge in [0.05, 0.1) is 11.9 Å². The van der Waals surface area contributed by atoms with Gasteiger partial charge in [0, 0.05) is 38.8 Å². The predicted molar refractivity (Wildman–Crippen MR) is 102 cm³/mol. The maximum Gasteiger partial charge on any atom is 0.256 e. The van der Waals surface area contributed by atoms with Gasteiger partial charge in [-0.2, -0.15) is 14.5 Å². The molecule has 0 radical (unpaired) electrons. The molecule has 9 heteroatoms. The summed E-state index contributed by atoms with van der Waals surface area (Å²) in [5, 5.41) is 14.5. The number of hydrogen-bond acceptors (Lipinski definition) is 8. The summed E-state index contributed by atoms with van der Waals surface area (Å²) in [6.07, 6.45) is 2.35. The number of anilines is 2. The molecular formula is C18H25N7O2. The second-order valence-corrected chi connectivity index (χ2v) is 7.55. The highest BCUT2D eigenvalue weighted by molar-refractivity contribution is 5.58. The minimum absolute atomic E-state index is 0.417. The standard InChI is InChI=1S/C18H25N7O2/c1-18(2,26)5-6-23-7-9-24(10-8-23)15-12-14(19)20-17-21-16(22-25(15)17)13-4-3-11-27-13/h3-4,11-12,26H,5-10H2,1-2H3,(H2,19,20,21,22). The van der Waals surface area contributed by atoms with E-state index in [1.54, 1.807) is 16.8 Å². The Bertz CT molecular complexity index is 906. The molecule has 0 spiro atoms. The number of piperazine rings is 1. The van der Waals surface area contributed by atoms with E-state index in [9.17, 15) is 5.11 Å². The van der Waals surface area contributed by atoms with Crippen molar-refractivity contribution in [2.24, 2.45) is 0 Å². The quantitative estimate of drug-likeness (QED) is 0.690. The molecule has 4 heterocycles. The highest BCUT2D eigenvalue weighted by atomic mass is 16.3. The van der Waals surface area contributed by atoms with Crippen LogP contribution in [-0.4, -0.2) is 67.9 Å². The Morgan fingerprint density at radius 2 is 2.00 bits per heavy atom. The number of nitrogens with zero attached hydrogens (tertiary/aromatic N) is 6. The van der Waals surface area contributed by atoms with E-state index in [2.05, 4.69) is 24.9 Å². The first-order valence-corrected chi connectivity index (χ1v) is 9.16. The SMILES string of the molecule is CC(C)(O)CCN1CCN(c2cc(N)nc3nc(-c4ccco4)nn23)CC1. The lowest BCUT2D eigenvalue weighted by atomic mass is 10.1. The maximum atomic E-state index is 9.92. The van der Waals surface area contributed by atoms with Gasteiger partial charge in [-0.05, 0) is 32.4 Å². The van der Waals surface area contributed by atoms with Crippen LogP contribution in [0.3, 0.4) is 0 Å². The Hall–Kier alpha value is -2.65. The van der Waals surface area contributed by atoms with Crippen LogP contribution in [0.2, 0.25) is 0 Å². The molecule has 4 rings (SSSR count). The van der Waals surface area contributed by atoms with Crippen LogP contribution in [0, 0.1) is 0 Å². The number of hydrogen-bond donors (Lipinski definition) is 2. The molecule has 0 unspecified atom stereocenters. The van der Waals surface area contributed by atoms with Crippen LogP contribution in [0.5, 0.6) is 0 Å². The van der Waals surface area contributed by atoms with Gasteiger partial charge in [-0.15, -0.1) is 5.10 Å². The van der Waals surface area contributed by atoms with Crippen molar-refractivity contribution in [1.82, 2.24) is 24.5 Å². The molecule has 27 heavy (non-hydrogen) atoms. The highest BCUT2D eigenvalue weighted by Gasteiger charge is 2.23. The average molecular weight is 371 g/mol. The predicted octanol–water partition coefficient (Wildman–Crippen LogP) is 1.25. The molecule has 3 aromatic rings. The van der Waals surface area contributed by atoms with Crippen molar-refractivity contribution >= 4 is 17.4 Å². The number of nitrogens with two attached hydrogens (primary N) is 1. The summed E-state index contributed by atoms with van der Waals surface area (Å²) < 4.78 is 7.12. The van der Waals surface area contributed by atoms with Crippen molar-refractivity contribution in [2.75, 3.05) is 43.4 Å². The second kappa shape index (κ2) is 6.82. The molecule has 1 aliphatic rings. The molecule has 3 N–H and O–H groups in total. The van der Waals surface area contributed by atoms with Gasteiger partial charge in [0.1, 0.15) is 11.6 Å². The number of rotatable bonds is 5. The smallest absolute Gasteiger partial charge is 0.256 e.